The van der Waals surface area contributed by atoms with Crippen LogP contribution in [0.15, 0.2) is 71.3 Å². The van der Waals surface area contributed by atoms with Gasteiger partial charge in [-0.1, -0.05) is 46.3 Å². The van der Waals surface area contributed by atoms with Crippen LogP contribution in [0.3, 0.4) is 0 Å². The molecule has 4 nitrogen and oxygen atoms in total. The van der Waals surface area contributed by atoms with E-state index in [2.05, 4.69) is 25.8 Å². The monoisotopic (exact) mass is 382 g/mol. The molecule has 0 radical (unpaired) electrons. The standard InChI is InChI=1S/C19H15BrN2O2/c1-24-18(23)12-9-15-13-22(17-5-3-2-4-6-17)21-19(15)14-7-10-16(20)11-8-14/h2-13H,1H3/b12-9+. The zero-order valence-electron chi connectivity index (χ0n) is 13.0. The zero-order chi connectivity index (χ0) is 16.9. The molecule has 5 heteroatoms. The number of nitrogens with zero attached hydrogens (tertiary/aromatic N) is 2. The van der Waals surface area contributed by atoms with Crippen molar-refractivity contribution in [1.82, 2.24) is 9.78 Å². The average Bonchev–Trinajstić information content (AvgIpc) is 3.05. The highest BCUT2D eigenvalue weighted by Crippen LogP contribution is 2.26. The fraction of sp³-hybridized carbons (Fsp3) is 0.0526. The summed E-state index contributed by atoms with van der Waals surface area (Å²) in [6.45, 7) is 0. The second kappa shape index (κ2) is 7.27. The van der Waals surface area contributed by atoms with Crippen molar-refractivity contribution < 1.29 is 9.53 Å². The van der Waals surface area contributed by atoms with Crippen LogP contribution in [0.5, 0.6) is 0 Å². The van der Waals surface area contributed by atoms with Crippen LogP contribution in [0, 0.1) is 0 Å². The third-order valence-corrected chi connectivity index (χ3v) is 4.01. The largest absolute Gasteiger partial charge is 0.466 e. The van der Waals surface area contributed by atoms with Gasteiger partial charge in [-0.05, 0) is 30.3 Å². The van der Waals surface area contributed by atoms with E-state index >= 15 is 0 Å². The van der Waals surface area contributed by atoms with Gasteiger partial charge in [0.15, 0.2) is 0 Å². The fourth-order valence-corrected chi connectivity index (χ4v) is 2.54. The molecule has 1 heterocycles. The molecule has 0 saturated carbocycles. The topological polar surface area (TPSA) is 44.1 Å². The first-order valence-electron chi connectivity index (χ1n) is 7.34. The Labute approximate surface area is 148 Å². The lowest BCUT2D eigenvalue weighted by Crippen LogP contribution is -1.93. The van der Waals surface area contributed by atoms with Gasteiger partial charge < -0.3 is 4.74 Å². The minimum Gasteiger partial charge on any atom is -0.466 e. The summed E-state index contributed by atoms with van der Waals surface area (Å²) in [4.78, 5) is 11.4. The van der Waals surface area contributed by atoms with E-state index in [1.54, 1.807) is 10.8 Å². The highest BCUT2D eigenvalue weighted by Gasteiger charge is 2.11. The lowest BCUT2D eigenvalue weighted by molar-refractivity contribution is -0.134. The van der Waals surface area contributed by atoms with Crippen molar-refractivity contribution in [3.8, 4) is 16.9 Å². The minimum absolute atomic E-state index is 0.399. The van der Waals surface area contributed by atoms with Crippen LogP contribution < -0.4 is 0 Å². The molecule has 0 unspecified atom stereocenters. The van der Waals surface area contributed by atoms with E-state index < -0.39 is 5.97 Å². The molecule has 0 aliphatic rings. The summed E-state index contributed by atoms with van der Waals surface area (Å²) in [6.07, 6.45) is 5.01. The molecule has 0 N–H and O–H groups in total. The summed E-state index contributed by atoms with van der Waals surface area (Å²) in [5.41, 5.74) is 3.56. The molecule has 0 atom stereocenters. The Morgan fingerprint density at radius 2 is 1.83 bits per heavy atom. The van der Waals surface area contributed by atoms with Crippen LogP contribution in [-0.2, 0) is 9.53 Å². The Morgan fingerprint density at radius 1 is 1.12 bits per heavy atom. The average molecular weight is 383 g/mol. The first-order valence-corrected chi connectivity index (χ1v) is 8.14. The predicted molar refractivity (Wildman–Crippen MR) is 97.8 cm³/mol. The lowest BCUT2D eigenvalue weighted by Gasteiger charge is -2.00. The van der Waals surface area contributed by atoms with Gasteiger partial charge in [0.2, 0.25) is 0 Å². The molecule has 0 bridgehead atoms. The molecule has 24 heavy (non-hydrogen) atoms. The molecule has 2 aromatic carbocycles. The molecular weight excluding hydrogens is 368 g/mol. The Morgan fingerprint density at radius 3 is 2.50 bits per heavy atom. The van der Waals surface area contributed by atoms with Gasteiger partial charge in [0.05, 0.1) is 18.5 Å². The van der Waals surface area contributed by atoms with Gasteiger partial charge in [0.1, 0.15) is 0 Å². The van der Waals surface area contributed by atoms with Gasteiger partial charge in [-0.15, -0.1) is 0 Å². The van der Waals surface area contributed by atoms with E-state index in [1.807, 2.05) is 60.8 Å². The van der Waals surface area contributed by atoms with Crippen LogP contribution in [0.25, 0.3) is 23.0 Å². The lowest BCUT2D eigenvalue weighted by atomic mass is 10.1. The molecule has 0 fully saturated rings. The second-order valence-corrected chi connectivity index (χ2v) is 5.99. The second-order valence-electron chi connectivity index (χ2n) is 5.08. The number of carbonyl (C=O) groups is 1. The number of methoxy groups -OCH3 is 1. The molecule has 1 aromatic heterocycles. The molecule has 120 valence electrons. The minimum atomic E-state index is -0.399. The third-order valence-electron chi connectivity index (χ3n) is 3.48. The van der Waals surface area contributed by atoms with Crippen molar-refractivity contribution in [2.75, 3.05) is 7.11 Å². The maximum Gasteiger partial charge on any atom is 0.330 e. The number of para-hydroxylation sites is 1. The highest BCUT2D eigenvalue weighted by atomic mass is 79.9. The van der Waals surface area contributed by atoms with Gasteiger partial charge >= 0.3 is 5.97 Å². The third kappa shape index (κ3) is 3.63. The van der Waals surface area contributed by atoms with Crippen LogP contribution >= 0.6 is 15.9 Å². The number of halogens is 1. The first kappa shape index (κ1) is 16.2. The van der Waals surface area contributed by atoms with Crippen LogP contribution in [-0.4, -0.2) is 22.9 Å². The molecule has 0 spiro atoms. The van der Waals surface area contributed by atoms with Crippen LogP contribution in [0.4, 0.5) is 0 Å². The van der Waals surface area contributed by atoms with Crippen LogP contribution in [0.2, 0.25) is 0 Å². The van der Waals surface area contributed by atoms with E-state index in [4.69, 9.17) is 0 Å². The molecular formula is C19H15BrN2O2. The van der Waals surface area contributed by atoms with E-state index in [1.165, 1.54) is 13.2 Å². The maximum absolute atomic E-state index is 11.4. The summed E-state index contributed by atoms with van der Waals surface area (Å²) >= 11 is 3.44. The summed E-state index contributed by atoms with van der Waals surface area (Å²) < 4.78 is 7.47. The number of esters is 1. The fourth-order valence-electron chi connectivity index (χ4n) is 2.28. The number of hydrogen-bond acceptors (Lipinski definition) is 3. The zero-order valence-corrected chi connectivity index (χ0v) is 14.6. The van der Waals surface area contributed by atoms with Gasteiger partial charge in [-0.2, -0.15) is 5.10 Å². The summed E-state index contributed by atoms with van der Waals surface area (Å²) in [6, 6.07) is 17.7. The first-order chi connectivity index (χ1) is 11.7. The molecule has 0 aliphatic heterocycles. The number of carbonyl (C=O) groups excluding carboxylic acids is 1. The summed E-state index contributed by atoms with van der Waals surface area (Å²) in [5, 5.41) is 4.68. The Bertz CT molecular complexity index is 868. The quantitative estimate of drug-likeness (QED) is 0.493. The maximum atomic E-state index is 11.4. The Hall–Kier alpha value is -2.66. The summed E-state index contributed by atoms with van der Waals surface area (Å²) in [5.74, 6) is -0.399. The Kier molecular flexibility index (Phi) is 4.91. The van der Waals surface area contributed by atoms with Gasteiger partial charge in [-0.3, -0.25) is 0 Å². The SMILES string of the molecule is COC(=O)/C=C/c1cn(-c2ccccc2)nc1-c1ccc(Br)cc1. The van der Waals surface area contributed by atoms with E-state index in [-0.39, 0.29) is 0 Å². The molecule has 3 aromatic rings. The van der Waals surface area contributed by atoms with Crippen molar-refractivity contribution in [3.05, 3.63) is 76.9 Å². The van der Waals surface area contributed by atoms with Gasteiger partial charge in [-0.25, -0.2) is 9.48 Å². The van der Waals surface area contributed by atoms with Crippen molar-refractivity contribution in [2.45, 2.75) is 0 Å². The van der Waals surface area contributed by atoms with Crippen molar-refractivity contribution >= 4 is 28.0 Å². The number of benzene rings is 2. The number of hydrogen-bond donors (Lipinski definition) is 0. The molecule has 0 amide bonds. The molecule has 0 saturated heterocycles. The van der Waals surface area contributed by atoms with Gasteiger partial charge in [0.25, 0.3) is 0 Å². The van der Waals surface area contributed by atoms with Crippen molar-refractivity contribution in [2.24, 2.45) is 0 Å². The normalized spacial score (nSPS) is 10.9. The van der Waals surface area contributed by atoms with Crippen LogP contribution in [0.1, 0.15) is 5.56 Å². The smallest absolute Gasteiger partial charge is 0.330 e. The van der Waals surface area contributed by atoms with E-state index in [0.717, 1.165) is 27.0 Å². The molecule has 0 aliphatic carbocycles. The highest BCUT2D eigenvalue weighted by molar-refractivity contribution is 9.10. The molecule has 3 rings (SSSR count). The van der Waals surface area contributed by atoms with Crippen molar-refractivity contribution in [3.63, 3.8) is 0 Å². The Balaban J connectivity index is 2.07. The number of rotatable bonds is 4. The predicted octanol–water partition coefficient (Wildman–Crippen LogP) is 4.49. The van der Waals surface area contributed by atoms with E-state index in [0.29, 0.717) is 0 Å². The van der Waals surface area contributed by atoms with Crippen molar-refractivity contribution in [1.29, 1.82) is 0 Å². The number of ether oxygens (including phenoxy) is 1. The summed E-state index contributed by atoms with van der Waals surface area (Å²) in [7, 11) is 1.36. The van der Waals surface area contributed by atoms with E-state index in [9.17, 15) is 4.79 Å². The van der Waals surface area contributed by atoms with Gasteiger partial charge in [0, 0.05) is 27.9 Å². The number of aromatic nitrogens is 2.